The number of aromatic nitrogens is 1. The van der Waals surface area contributed by atoms with Crippen molar-refractivity contribution in [3.8, 4) is 0 Å². The van der Waals surface area contributed by atoms with Gasteiger partial charge < -0.3 is 5.32 Å². The van der Waals surface area contributed by atoms with Gasteiger partial charge in [-0.1, -0.05) is 87.6 Å². The van der Waals surface area contributed by atoms with Crippen molar-refractivity contribution in [3.05, 3.63) is 126 Å². The fraction of sp³-hybridized carbons (Fsp3) is 0.125. The van der Waals surface area contributed by atoms with Crippen molar-refractivity contribution in [1.29, 1.82) is 0 Å². The van der Waals surface area contributed by atoms with Gasteiger partial charge in [0, 0.05) is 38.5 Å². The number of fused-ring (bicyclic) bond motifs is 3. The van der Waals surface area contributed by atoms with Crippen LogP contribution in [0.3, 0.4) is 0 Å². The Morgan fingerprint density at radius 1 is 0.933 bits per heavy atom. The number of benzene rings is 4. The van der Waals surface area contributed by atoms with Crippen molar-refractivity contribution >= 4 is 84.6 Å². The van der Waals surface area contributed by atoms with Crippen molar-refractivity contribution in [1.82, 2.24) is 4.57 Å². The number of amides is 3. The predicted octanol–water partition coefficient (Wildman–Crippen LogP) is 6.17. The van der Waals surface area contributed by atoms with Gasteiger partial charge in [-0.25, -0.2) is 4.90 Å². The topological polar surface area (TPSA) is 132 Å². The van der Waals surface area contributed by atoms with Crippen molar-refractivity contribution < 1.29 is 19.3 Å². The number of nitro benzene ring substituents is 1. The van der Waals surface area contributed by atoms with Crippen LogP contribution in [-0.4, -0.2) is 32.5 Å². The molecule has 0 aliphatic carbocycles. The molecule has 1 aromatic heterocycles. The van der Waals surface area contributed by atoms with Crippen LogP contribution in [0.25, 0.3) is 10.8 Å². The summed E-state index contributed by atoms with van der Waals surface area (Å²) in [7, 11) is 0. The monoisotopic (exact) mass is 700 g/mol. The number of rotatable bonds is 6. The van der Waals surface area contributed by atoms with E-state index in [1.807, 2.05) is 60.7 Å². The first-order chi connectivity index (χ1) is 21.7. The van der Waals surface area contributed by atoms with Crippen LogP contribution in [0.4, 0.5) is 17.1 Å². The van der Waals surface area contributed by atoms with Gasteiger partial charge in [0.2, 0.25) is 17.7 Å². The Labute approximate surface area is 271 Å². The highest BCUT2D eigenvalue weighted by atomic mass is 79.9. The number of carbonyl (C=O) groups excluding carboxylic acids is 3. The van der Waals surface area contributed by atoms with Gasteiger partial charge in [0.1, 0.15) is 11.8 Å². The third kappa shape index (κ3) is 5.06. The van der Waals surface area contributed by atoms with Gasteiger partial charge in [-0.05, 0) is 41.3 Å². The first-order valence-corrected chi connectivity index (χ1v) is 16.3. The number of hydrogen-bond acceptors (Lipinski definition) is 8. The Hall–Kier alpha value is -4.59. The van der Waals surface area contributed by atoms with Crippen LogP contribution in [0.5, 0.6) is 0 Å². The van der Waals surface area contributed by atoms with Crippen LogP contribution in [0.15, 0.2) is 105 Å². The second kappa shape index (κ2) is 11.4. The van der Waals surface area contributed by atoms with E-state index in [1.54, 1.807) is 6.07 Å². The van der Waals surface area contributed by atoms with Gasteiger partial charge in [-0.3, -0.25) is 33.9 Å². The third-order valence-corrected chi connectivity index (χ3v) is 11.0. The van der Waals surface area contributed by atoms with Crippen LogP contribution in [0, 0.1) is 16.0 Å². The zero-order chi connectivity index (χ0) is 31.4. The van der Waals surface area contributed by atoms with E-state index >= 15 is 0 Å². The molecule has 1 fully saturated rings. The van der Waals surface area contributed by atoms with Gasteiger partial charge in [-0.15, -0.1) is 0 Å². The lowest BCUT2D eigenvalue weighted by atomic mass is 9.83. The van der Waals surface area contributed by atoms with Gasteiger partial charge >= 0.3 is 4.87 Å². The molecule has 10 nitrogen and oxygen atoms in total. The maximum absolute atomic E-state index is 14.0. The Morgan fingerprint density at radius 3 is 2.42 bits per heavy atom. The van der Waals surface area contributed by atoms with Crippen LogP contribution < -0.4 is 15.1 Å². The number of non-ortho nitro benzene ring substituents is 1. The molecule has 7 rings (SSSR count). The number of nitrogens with one attached hydrogen (secondary N) is 1. The van der Waals surface area contributed by atoms with Gasteiger partial charge in [0.15, 0.2) is 0 Å². The Kier molecular flexibility index (Phi) is 7.38. The lowest BCUT2D eigenvalue weighted by Gasteiger charge is -2.30. The smallest absolute Gasteiger partial charge is 0.308 e. The molecular formula is C32H21BrN4O6S2. The molecule has 0 saturated carbocycles. The largest absolute Gasteiger partial charge is 0.324 e. The summed E-state index contributed by atoms with van der Waals surface area (Å²) < 4.78 is 2.14. The lowest BCUT2D eigenvalue weighted by molar-refractivity contribution is -0.384. The molecular weight excluding hydrogens is 680 g/mol. The SMILES string of the molecule is O=C(Cn1c2c(sc1=O)C(c1cccc(Br)c1)C1C(=O)N(c3ccc([N+](=O)[O-])cc3)C(=O)C1S2)Nc1cccc2ccccc12. The molecule has 1 N–H and O–H groups in total. The molecule has 3 atom stereocenters. The van der Waals surface area contributed by atoms with Crippen molar-refractivity contribution in [2.45, 2.75) is 22.7 Å². The molecule has 45 heavy (non-hydrogen) atoms. The molecule has 2 aliphatic heterocycles. The van der Waals surface area contributed by atoms with E-state index in [2.05, 4.69) is 21.2 Å². The highest BCUT2D eigenvalue weighted by molar-refractivity contribution is 9.10. The Morgan fingerprint density at radius 2 is 1.67 bits per heavy atom. The first-order valence-electron chi connectivity index (χ1n) is 13.8. The molecule has 3 unspecified atom stereocenters. The molecule has 2 aliphatic rings. The van der Waals surface area contributed by atoms with E-state index < -0.39 is 39.7 Å². The fourth-order valence-corrected chi connectivity index (χ4v) is 9.15. The van der Waals surface area contributed by atoms with E-state index in [1.165, 1.54) is 28.8 Å². The normalized spacial score (nSPS) is 19.0. The quantitative estimate of drug-likeness (QED) is 0.127. The molecule has 3 heterocycles. The first kappa shape index (κ1) is 29.1. The second-order valence-corrected chi connectivity index (χ2v) is 13.6. The molecule has 13 heteroatoms. The number of thioether (sulfide) groups is 1. The minimum Gasteiger partial charge on any atom is -0.324 e. The highest BCUT2D eigenvalue weighted by Gasteiger charge is 2.56. The number of halogens is 1. The average Bonchev–Trinajstić information content (AvgIpc) is 3.47. The van der Waals surface area contributed by atoms with Crippen molar-refractivity contribution in [3.63, 3.8) is 0 Å². The fourth-order valence-electron chi connectivity index (χ4n) is 5.96. The van der Waals surface area contributed by atoms with Gasteiger partial charge in [0.05, 0.1) is 21.6 Å². The molecule has 0 radical (unpaired) electrons. The van der Waals surface area contributed by atoms with Crippen LogP contribution >= 0.6 is 39.0 Å². The Bertz CT molecular complexity index is 2110. The maximum atomic E-state index is 14.0. The van der Waals surface area contributed by atoms with Crippen molar-refractivity contribution in [2.75, 3.05) is 10.2 Å². The van der Waals surface area contributed by atoms with Crippen LogP contribution in [-0.2, 0) is 20.9 Å². The summed E-state index contributed by atoms with van der Waals surface area (Å²) >= 11 is 5.57. The Balaban J connectivity index is 1.27. The third-order valence-electron chi connectivity index (χ3n) is 7.94. The number of imide groups is 1. The van der Waals surface area contributed by atoms with E-state index in [9.17, 15) is 29.3 Å². The lowest BCUT2D eigenvalue weighted by Crippen LogP contribution is -2.33. The van der Waals surface area contributed by atoms with Gasteiger partial charge in [0.25, 0.3) is 5.69 Å². The minimum atomic E-state index is -0.884. The number of nitrogens with zero attached hydrogens (tertiary/aromatic N) is 3. The zero-order valence-electron chi connectivity index (χ0n) is 23.1. The number of thiazole rings is 1. The van der Waals surface area contributed by atoms with Gasteiger partial charge in [-0.2, -0.15) is 0 Å². The summed E-state index contributed by atoms with van der Waals surface area (Å²) in [6.07, 6.45) is 0. The average molecular weight is 702 g/mol. The number of anilines is 2. The minimum absolute atomic E-state index is 0.162. The molecule has 224 valence electrons. The van der Waals surface area contributed by atoms with E-state index in [-0.39, 0.29) is 22.8 Å². The van der Waals surface area contributed by atoms with E-state index in [4.69, 9.17) is 0 Å². The molecule has 4 aromatic carbocycles. The summed E-state index contributed by atoms with van der Waals surface area (Å²) in [6, 6.07) is 25.9. The molecule has 0 spiro atoms. The maximum Gasteiger partial charge on any atom is 0.308 e. The molecule has 3 amide bonds. The summed E-state index contributed by atoms with van der Waals surface area (Å²) in [5, 5.41) is 15.5. The summed E-state index contributed by atoms with van der Waals surface area (Å²) in [6.45, 7) is -0.280. The number of nitro groups is 1. The van der Waals surface area contributed by atoms with Crippen molar-refractivity contribution in [2.24, 2.45) is 5.92 Å². The van der Waals surface area contributed by atoms with Crippen LogP contribution in [0.1, 0.15) is 16.4 Å². The predicted molar refractivity (Wildman–Crippen MR) is 176 cm³/mol. The van der Waals surface area contributed by atoms with E-state index in [0.717, 1.165) is 48.8 Å². The van der Waals surface area contributed by atoms with Crippen LogP contribution in [0.2, 0.25) is 0 Å². The summed E-state index contributed by atoms with van der Waals surface area (Å²) in [4.78, 5) is 66.7. The molecule has 5 aromatic rings. The number of carbonyl (C=O) groups is 3. The standard InChI is InChI=1S/C32H21BrN4O6S2/c33-19-8-3-7-18(15-19)25-26-27(30(40)36(29(26)39)20-11-13-21(14-12-20)37(42)43)44-31-28(25)45-32(41)35(31)16-24(38)34-23-10-4-6-17-5-1-2-9-22(17)23/h1-15,25-27H,16H2,(H,34,38). The second-order valence-electron chi connectivity index (χ2n) is 10.6. The molecule has 1 saturated heterocycles. The number of hydrogen-bond donors (Lipinski definition) is 1. The zero-order valence-corrected chi connectivity index (χ0v) is 26.3. The van der Waals surface area contributed by atoms with E-state index in [0.29, 0.717) is 15.6 Å². The molecule has 0 bridgehead atoms. The highest BCUT2D eigenvalue weighted by Crippen LogP contribution is 2.54. The summed E-state index contributed by atoms with van der Waals surface area (Å²) in [5.74, 6) is -2.82. The summed E-state index contributed by atoms with van der Waals surface area (Å²) in [5.41, 5.74) is 1.42.